The van der Waals surface area contributed by atoms with Crippen LogP contribution in [0, 0.1) is 0 Å². The van der Waals surface area contributed by atoms with Crippen molar-refractivity contribution in [2.24, 2.45) is 0 Å². The molecule has 0 radical (unpaired) electrons. The molecule has 1 aliphatic heterocycles. The Kier molecular flexibility index (Phi) is 5.53. The van der Waals surface area contributed by atoms with Gasteiger partial charge in [-0.3, -0.25) is 19.7 Å². The number of carbonyl (C=O) groups is 4. The van der Waals surface area contributed by atoms with Crippen LogP contribution in [0.15, 0.2) is 12.3 Å². The minimum absolute atomic E-state index is 0.0969. The zero-order valence-corrected chi connectivity index (χ0v) is 11.2. The smallest absolute Gasteiger partial charge is 0.331 e. The van der Waals surface area contributed by atoms with Crippen molar-refractivity contribution < 1.29 is 28.7 Å². The maximum absolute atomic E-state index is 11.9. The summed E-state index contributed by atoms with van der Waals surface area (Å²) in [6.07, 6.45) is 0. The summed E-state index contributed by atoms with van der Waals surface area (Å²) in [5, 5.41) is 4.66. The third kappa shape index (κ3) is 3.97. The number of nitrogens with one attached hydrogen (secondary N) is 2. The zero-order chi connectivity index (χ0) is 15.3. The molecular weight excluding hydrogens is 268 g/mol. The molecule has 0 aliphatic carbocycles. The summed E-state index contributed by atoms with van der Waals surface area (Å²) in [5.74, 6) is -3.40. The lowest BCUT2D eigenvalue weighted by molar-refractivity contribution is -0.150. The van der Waals surface area contributed by atoms with Gasteiger partial charge in [0.2, 0.25) is 5.78 Å². The standard InChI is InChI=1S/C12H16N2O6/c1-6-4-20-5-8(15)7(2)14-9(12(18)19-3)10(16)11(17)13-6/h7,9,14H,1,4-5H2,2-3H3,(H,13,17). The van der Waals surface area contributed by atoms with Crippen molar-refractivity contribution in [2.75, 3.05) is 20.3 Å². The van der Waals surface area contributed by atoms with Gasteiger partial charge in [0.1, 0.15) is 6.61 Å². The van der Waals surface area contributed by atoms with Gasteiger partial charge < -0.3 is 14.8 Å². The molecule has 8 heteroatoms. The van der Waals surface area contributed by atoms with E-state index < -0.39 is 29.7 Å². The maximum Gasteiger partial charge on any atom is 0.331 e. The Hall–Kier alpha value is -2.06. The first kappa shape index (κ1) is 16.0. The summed E-state index contributed by atoms with van der Waals surface area (Å²) < 4.78 is 9.49. The predicted octanol–water partition coefficient (Wildman–Crippen LogP) is -1.70. The van der Waals surface area contributed by atoms with Crippen molar-refractivity contribution in [1.82, 2.24) is 10.6 Å². The second-order valence-electron chi connectivity index (χ2n) is 4.23. The molecular formula is C12H16N2O6. The number of rotatable bonds is 1. The number of esters is 1. The highest BCUT2D eigenvalue weighted by molar-refractivity contribution is 6.42. The topological polar surface area (TPSA) is 111 Å². The van der Waals surface area contributed by atoms with Crippen LogP contribution in [-0.4, -0.2) is 55.9 Å². The van der Waals surface area contributed by atoms with E-state index in [-0.39, 0.29) is 24.7 Å². The fourth-order valence-electron chi connectivity index (χ4n) is 1.50. The van der Waals surface area contributed by atoms with Crippen LogP contribution < -0.4 is 10.6 Å². The molecule has 0 saturated carbocycles. The quantitative estimate of drug-likeness (QED) is 0.335. The van der Waals surface area contributed by atoms with Gasteiger partial charge in [-0.25, -0.2) is 4.79 Å². The average Bonchev–Trinajstić information content (AvgIpc) is 2.42. The summed E-state index contributed by atoms with van der Waals surface area (Å²) >= 11 is 0. The van der Waals surface area contributed by atoms with Crippen LogP contribution in [0.2, 0.25) is 0 Å². The van der Waals surface area contributed by atoms with E-state index in [2.05, 4.69) is 21.9 Å². The highest BCUT2D eigenvalue weighted by atomic mass is 16.5. The molecule has 8 nitrogen and oxygen atoms in total. The minimum atomic E-state index is -1.55. The number of hydrogen-bond donors (Lipinski definition) is 2. The summed E-state index contributed by atoms with van der Waals surface area (Å²) in [6.45, 7) is 4.61. The number of methoxy groups -OCH3 is 1. The van der Waals surface area contributed by atoms with Crippen molar-refractivity contribution in [3.63, 3.8) is 0 Å². The first-order valence-electron chi connectivity index (χ1n) is 5.84. The number of hydrogen-bond acceptors (Lipinski definition) is 7. The highest BCUT2D eigenvalue weighted by Gasteiger charge is 2.35. The first-order valence-corrected chi connectivity index (χ1v) is 5.84. The number of ether oxygens (including phenoxy) is 2. The minimum Gasteiger partial charge on any atom is -0.467 e. The molecule has 2 unspecified atom stereocenters. The molecule has 0 aromatic rings. The average molecular weight is 284 g/mol. The molecule has 110 valence electrons. The van der Waals surface area contributed by atoms with Gasteiger partial charge in [0, 0.05) is 5.70 Å². The molecule has 1 aliphatic rings. The second-order valence-corrected chi connectivity index (χ2v) is 4.23. The molecule has 1 fully saturated rings. The van der Waals surface area contributed by atoms with Crippen LogP contribution >= 0.6 is 0 Å². The normalized spacial score (nSPS) is 25.7. The van der Waals surface area contributed by atoms with Crippen LogP contribution in [-0.2, 0) is 28.7 Å². The van der Waals surface area contributed by atoms with Crippen LogP contribution in [0.4, 0.5) is 0 Å². The van der Waals surface area contributed by atoms with E-state index in [4.69, 9.17) is 4.74 Å². The highest BCUT2D eigenvalue weighted by Crippen LogP contribution is 2.00. The van der Waals surface area contributed by atoms with Gasteiger partial charge in [-0.1, -0.05) is 6.58 Å². The van der Waals surface area contributed by atoms with Gasteiger partial charge in [0.15, 0.2) is 11.8 Å². The largest absolute Gasteiger partial charge is 0.467 e. The summed E-state index contributed by atoms with van der Waals surface area (Å²) in [4.78, 5) is 46.8. The zero-order valence-electron chi connectivity index (χ0n) is 11.2. The van der Waals surface area contributed by atoms with E-state index in [0.29, 0.717) is 0 Å². The predicted molar refractivity (Wildman–Crippen MR) is 66.5 cm³/mol. The van der Waals surface area contributed by atoms with Gasteiger partial charge in [-0.2, -0.15) is 0 Å². The molecule has 2 atom stereocenters. The van der Waals surface area contributed by atoms with E-state index in [9.17, 15) is 19.2 Å². The number of ketones is 2. The van der Waals surface area contributed by atoms with E-state index in [0.717, 1.165) is 7.11 Å². The lowest BCUT2D eigenvalue weighted by atomic mass is 10.1. The van der Waals surface area contributed by atoms with E-state index in [1.54, 1.807) is 0 Å². The SMILES string of the molecule is C=C1COCC(=O)C(C)NC(C(=O)OC)C(=O)C(=O)N1. The summed E-state index contributed by atoms with van der Waals surface area (Å²) in [5.41, 5.74) is 0.120. The van der Waals surface area contributed by atoms with Crippen molar-refractivity contribution >= 4 is 23.4 Å². The van der Waals surface area contributed by atoms with Crippen molar-refractivity contribution in [1.29, 1.82) is 0 Å². The molecule has 0 spiro atoms. The molecule has 1 rings (SSSR count). The Morgan fingerprint density at radius 1 is 1.35 bits per heavy atom. The molecule has 20 heavy (non-hydrogen) atoms. The Bertz CT molecular complexity index is 459. The van der Waals surface area contributed by atoms with Crippen LogP contribution in [0.25, 0.3) is 0 Å². The lowest BCUT2D eigenvalue weighted by Crippen LogP contribution is -2.54. The summed E-state index contributed by atoms with van der Waals surface area (Å²) in [6, 6.07) is -2.40. The number of amides is 1. The number of Topliss-reactive ketones (excluding diaryl/α,β-unsaturated/α-hetero) is 2. The van der Waals surface area contributed by atoms with Crippen molar-refractivity contribution in [3.05, 3.63) is 12.3 Å². The van der Waals surface area contributed by atoms with Crippen LogP contribution in [0.3, 0.4) is 0 Å². The maximum atomic E-state index is 11.9. The van der Waals surface area contributed by atoms with Gasteiger partial charge in [0.05, 0.1) is 19.8 Å². The Labute approximate surface area is 115 Å². The van der Waals surface area contributed by atoms with Gasteiger partial charge in [-0.15, -0.1) is 0 Å². The van der Waals surface area contributed by atoms with Crippen LogP contribution in [0.5, 0.6) is 0 Å². The second kappa shape index (κ2) is 6.92. The van der Waals surface area contributed by atoms with Crippen molar-refractivity contribution in [2.45, 2.75) is 19.0 Å². The molecule has 1 amide bonds. The Morgan fingerprint density at radius 2 is 2.00 bits per heavy atom. The summed E-state index contributed by atoms with van der Waals surface area (Å²) in [7, 11) is 1.08. The monoisotopic (exact) mass is 284 g/mol. The molecule has 2 N–H and O–H groups in total. The van der Waals surface area contributed by atoms with Crippen molar-refractivity contribution in [3.8, 4) is 0 Å². The molecule has 1 heterocycles. The first-order chi connectivity index (χ1) is 9.36. The fourth-order valence-corrected chi connectivity index (χ4v) is 1.50. The van der Waals surface area contributed by atoms with Gasteiger partial charge in [0.25, 0.3) is 5.91 Å². The van der Waals surface area contributed by atoms with E-state index in [1.807, 2.05) is 0 Å². The molecule has 0 bridgehead atoms. The molecule has 0 aromatic carbocycles. The Balaban J connectivity index is 3.02. The lowest BCUT2D eigenvalue weighted by Gasteiger charge is -2.18. The Morgan fingerprint density at radius 3 is 2.60 bits per heavy atom. The van der Waals surface area contributed by atoms with Gasteiger partial charge in [-0.05, 0) is 6.92 Å². The van der Waals surface area contributed by atoms with E-state index >= 15 is 0 Å². The molecule has 0 aromatic heterocycles. The molecule has 1 saturated heterocycles. The third-order valence-electron chi connectivity index (χ3n) is 2.63. The third-order valence-corrected chi connectivity index (χ3v) is 2.63. The van der Waals surface area contributed by atoms with Gasteiger partial charge >= 0.3 is 5.97 Å². The van der Waals surface area contributed by atoms with Crippen LogP contribution in [0.1, 0.15) is 6.92 Å². The van der Waals surface area contributed by atoms with E-state index in [1.165, 1.54) is 6.92 Å². The number of carbonyl (C=O) groups excluding carboxylic acids is 4. The fraction of sp³-hybridized carbons (Fsp3) is 0.500.